The van der Waals surface area contributed by atoms with Crippen molar-refractivity contribution in [1.82, 2.24) is 9.47 Å². The van der Waals surface area contributed by atoms with Gasteiger partial charge >= 0.3 is 0 Å². The van der Waals surface area contributed by atoms with Crippen LogP contribution >= 0.6 is 0 Å². The van der Waals surface area contributed by atoms with Crippen LogP contribution in [0, 0.1) is 0 Å². The van der Waals surface area contributed by atoms with Gasteiger partial charge in [-0.15, -0.1) is 0 Å². The lowest BCUT2D eigenvalue weighted by Gasteiger charge is -2.30. The topological polar surface area (TPSA) is 42.3 Å². The molecule has 1 amide bonds. The second-order valence-corrected chi connectivity index (χ2v) is 7.58. The molecule has 2 aliphatic rings. The van der Waals surface area contributed by atoms with E-state index in [2.05, 4.69) is 18.2 Å². The molecule has 2 aliphatic heterocycles. The third-order valence-corrected chi connectivity index (χ3v) is 5.93. The number of hydrogen-bond donors (Lipinski definition) is 0. The van der Waals surface area contributed by atoms with Crippen molar-refractivity contribution in [2.45, 2.75) is 32.4 Å². The third-order valence-electron chi connectivity index (χ3n) is 5.93. The maximum atomic E-state index is 13.7. The number of fused-ring (bicyclic) bond motifs is 2. The fraction of sp³-hybridized carbons (Fsp3) is 0.250. The normalized spacial score (nSPS) is 15.2. The first-order valence-corrected chi connectivity index (χ1v) is 9.90. The lowest BCUT2D eigenvalue weighted by molar-refractivity contribution is 0.0733. The van der Waals surface area contributed by atoms with Gasteiger partial charge in [0.2, 0.25) is 0 Å². The zero-order valence-electron chi connectivity index (χ0n) is 15.7. The van der Waals surface area contributed by atoms with Crippen LogP contribution < -0.4 is 5.56 Å². The van der Waals surface area contributed by atoms with E-state index in [1.165, 1.54) is 11.1 Å². The standard InChI is InChI=1S/C24H22N2O2/c27-22-15-20(18-8-2-1-3-9-18)23(21-11-6-13-26(21)22)24(28)25-14-12-17-7-4-5-10-19(17)16-25/h1-5,7-10,15H,6,11-14,16H2. The van der Waals surface area contributed by atoms with Gasteiger partial charge in [-0.05, 0) is 36.0 Å². The molecule has 0 N–H and O–H groups in total. The Labute approximate surface area is 164 Å². The second-order valence-electron chi connectivity index (χ2n) is 7.58. The molecule has 0 aliphatic carbocycles. The molecule has 3 heterocycles. The summed E-state index contributed by atoms with van der Waals surface area (Å²) in [4.78, 5) is 28.3. The molecule has 140 valence electrons. The maximum absolute atomic E-state index is 13.7. The Bertz CT molecular complexity index is 1120. The van der Waals surface area contributed by atoms with Crippen molar-refractivity contribution in [3.05, 3.63) is 93.4 Å². The van der Waals surface area contributed by atoms with Crippen molar-refractivity contribution >= 4 is 5.91 Å². The molecule has 0 saturated heterocycles. The fourth-order valence-electron chi connectivity index (χ4n) is 4.52. The minimum atomic E-state index is -0.00751. The number of carbonyl (C=O) groups is 1. The number of nitrogens with zero attached hydrogens (tertiary/aromatic N) is 2. The van der Waals surface area contributed by atoms with Crippen LogP contribution in [0.3, 0.4) is 0 Å². The summed E-state index contributed by atoms with van der Waals surface area (Å²) >= 11 is 0. The number of carbonyl (C=O) groups excluding carboxylic acids is 1. The van der Waals surface area contributed by atoms with E-state index < -0.39 is 0 Å². The molecule has 4 nitrogen and oxygen atoms in total. The number of rotatable bonds is 2. The average Bonchev–Trinajstić information content (AvgIpc) is 3.24. The Balaban J connectivity index is 1.62. The quantitative estimate of drug-likeness (QED) is 0.691. The van der Waals surface area contributed by atoms with Gasteiger partial charge in [0.15, 0.2) is 0 Å². The molecule has 4 heteroatoms. The van der Waals surface area contributed by atoms with Crippen LogP contribution in [0.4, 0.5) is 0 Å². The summed E-state index contributed by atoms with van der Waals surface area (Å²) in [6.45, 7) is 2.04. The van der Waals surface area contributed by atoms with Gasteiger partial charge in [-0.25, -0.2) is 0 Å². The van der Waals surface area contributed by atoms with E-state index >= 15 is 0 Å². The summed E-state index contributed by atoms with van der Waals surface area (Å²) in [6, 6.07) is 19.8. The largest absolute Gasteiger partial charge is 0.334 e. The number of benzene rings is 2. The molecule has 3 aromatic rings. The molecule has 0 atom stereocenters. The van der Waals surface area contributed by atoms with Gasteiger partial charge < -0.3 is 9.47 Å². The SMILES string of the molecule is O=C(c1c(-c2ccccc2)cc(=O)n2c1CCC2)N1CCc2ccccc2C1. The predicted molar refractivity (Wildman–Crippen MR) is 109 cm³/mol. The number of pyridine rings is 1. The van der Waals surface area contributed by atoms with Gasteiger partial charge in [0, 0.05) is 37.0 Å². The van der Waals surface area contributed by atoms with Crippen LogP contribution in [0.25, 0.3) is 11.1 Å². The Morgan fingerprint density at radius 2 is 1.61 bits per heavy atom. The highest BCUT2D eigenvalue weighted by Crippen LogP contribution is 2.31. The molecule has 0 saturated carbocycles. The van der Waals surface area contributed by atoms with E-state index in [1.807, 2.05) is 41.3 Å². The van der Waals surface area contributed by atoms with Crippen LogP contribution in [-0.4, -0.2) is 21.9 Å². The lowest BCUT2D eigenvalue weighted by atomic mass is 9.95. The highest BCUT2D eigenvalue weighted by atomic mass is 16.2. The van der Waals surface area contributed by atoms with Gasteiger partial charge in [0.05, 0.1) is 5.56 Å². The maximum Gasteiger partial charge on any atom is 0.256 e. The highest BCUT2D eigenvalue weighted by Gasteiger charge is 2.29. The van der Waals surface area contributed by atoms with Crippen LogP contribution in [0.2, 0.25) is 0 Å². The fourth-order valence-corrected chi connectivity index (χ4v) is 4.52. The molecule has 0 bridgehead atoms. The molecular formula is C24H22N2O2. The highest BCUT2D eigenvalue weighted by molar-refractivity contribution is 6.02. The number of aromatic nitrogens is 1. The zero-order chi connectivity index (χ0) is 19.1. The summed E-state index contributed by atoms with van der Waals surface area (Å²) in [5.74, 6) is 0.0407. The molecule has 0 radical (unpaired) electrons. The summed E-state index contributed by atoms with van der Waals surface area (Å²) in [7, 11) is 0. The molecule has 1 aromatic heterocycles. The Kier molecular flexibility index (Phi) is 4.12. The van der Waals surface area contributed by atoms with E-state index in [1.54, 1.807) is 10.6 Å². The van der Waals surface area contributed by atoms with Gasteiger partial charge in [0.25, 0.3) is 11.5 Å². The molecule has 28 heavy (non-hydrogen) atoms. The van der Waals surface area contributed by atoms with Crippen LogP contribution in [0.5, 0.6) is 0 Å². The van der Waals surface area contributed by atoms with Crippen LogP contribution in [0.1, 0.15) is 33.6 Å². The predicted octanol–water partition coefficient (Wildman–Crippen LogP) is 3.66. The summed E-state index contributed by atoms with van der Waals surface area (Å²) in [5, 5.41) is 0. The van der Waals surface area contributed by atoms with Gasteiger partial charge in [0.1, 0.15) is 0 Å². The van der Waals surface area contributed by atoms with Crippen molar-refractivity contribution in [2.24, 2.45) is 0 Å². The first kappa shape index (κ1) is 17.0. The van der Waals surface area contributed by atoms with Crippen molar-refractivity contribution < 1.29 is 4.79 Å². The Morgan fingerprint density at radius 1 is 0.857 bits per heavy atom. The van der Waals surface area contributed by atoms with Gasteiger partial charge in [-0.1, -0.05) is 54.6 Å². The lowest BCUT2D eigenvalue weighted by Crippen LogP contribution is -2.37. The Hall–Kier alpha value is -3.14. The molecule has 0 fully saturated rings. The number of amides is 1. The minimum absolute atomic E-state index is 0.00751. The van der Waals surface area contributed by atoms with E-state index in [-0.39, 0.29) is 11.5 Å². The van der Waals surface area contributed by atoms with Crippen molar-refractivity contribution in [3.8, 4) is 11.1 Å². The van der Waals surface area contributed by atoms with E-state index in [9.17, 15) is 9.59 Å². The molecule has 5 rings (SSSR count). The smallest absolute Gasteiger partial charge is 0.256 e. The van der Waals surface area contributed by atoms with E-state index in [4.69, 9.17) is 0 Å². The minimum Gasteiger partial charge on any atom is -0.334 e. The van der Waals surface area contributed by atoms with Crippen molar-refractivity contribution in [2.75, 3.05) is 6.54 Å². The molecule has 0 unspecified atom stereocenters. The second kappa shape index (κ2) is 6.79. The molecule has 0 spiro atoms. The average molecular weight is 370 g/mol. The first-order valence-electron chi connectivity index (χ1n) is 9.90. The monoisotopic (exact) mass is 370 g/mol. The Morgan fingerprint density at radius 3 is 2.43 bits per heavy atom. The number of hydrogen-bond acceptors (Lipinski definition) is 2. The van der Waals surface area contributed by atoms with E-state index in [0.29, 0.717) is 25.2 Å². The van der Waals surface area contributed by atoms with E-state index in [0.717, 1.165) is 36.1 Å². The summed E-state index contributed by atoms with van der Waals surface area (Å²) in [5.41, 5.74) is 5.83. The summed E-state index contributed by atoms with van der Waals surface area (Å²) < 4.78 is 1.79. The van der Waals surface area contributed by atoms with Crippen molar-refractivity contribution in [3.63, 3.8) is 0 Å². The van der Waals surface area contributed by atoms with Gasteiger partial charge in [-0.3, -0.25) is 9.59 Å². The first-order chi connectivity index (χ1) is 13.7. The molecular weight excluding hydrogens is 348 g/mol. The molecule has 2 aromatic carbocycles. The van der Waals surface area contributed by atoms with Crippen molar-refractivity contribution in [1.29, 1.82) is 0 Å². The van der Waals surface area contributed by atoms with Gasteiger partial charge in [-0.2, -0.15) is 0 Å². The zero-order valence-corrected chi connectivity index (χ0v) is 15.7. The van der Waals surface area contributed by atoms with Crippen LogP contribution in [0.15, 0.2) is 65.5 Å². The third kappa shape index (κ3) is 2.76. The summed E-state index contributed by atoms with van der Waals surface area (Å²) in [6.07, 6.45) is 2.57. The van der Waals surface area contributed by atoms with Crippen LogP contribution in [-0.2, 0) is 25.9 Å².